The number of carbonyl (C=O) groups is 1. The van der Waals surface area contributed by atoms with Crippen LogP contribution in [-0.2, 0) is 4.79 Å². The summed E-state index contributed by atoms with van der Waals surface area (Å²) in [7, 11) is 1.83. The van der Waals surface area contributed by atoms with Crippen molar-refractivity contribution in [1.82, 2.24) is 4.90 Å². The standard InChI is InChI=1S/C16H25ClN2O.ClH/c1-5-6-15(18)16(20)19(4)12(3)11(2)13-7-9-14(17)10-8-13;/h7-12,15H,5-6,18H2,1-4H3;1H. The number of amides is 1. The molecule has 0 aromatic heterocycles. The summed E-state index contributed by atoms with van der Waals surface area (Å²) < 4.78 is 0. The molecule has 3 nitrogen and oxygen atoms in total. The lowest BCUT2D eigenvalue weighted by Gasteiger charge is -2.32. The number of likely N-dealkylation sites (N-methyl/N-ethyl adjacent to an activating group) is 1. The van der Waals surface area contributed by atoms with Crippen molar-refractivity contribution in [3.8, 4) is 0 Å². The highest BCUT2D eigenvalue weighted by Crippen LogP contribution is 2.24. The van der Waals surface area contributed by atoms with Gasteiger partial charge in [-0.25, -0.2) is 0 Å². The number of hydrogen-bond donors (Lipinski definition) is 1. The van der Waals surface area contributed by atoms with E-state index in [2.05, 4.69) is 13.8 Å². The average molecular weight is 333 g/mol. The van der Waals surface area contributed by atoms with E-state index in [4.69, 9.17) is 17.3 Å². The molecule has 1 aromatic carbocycles. The van der Waals surface area contributed by atoms with Gasteiger partial charge in [0, 0.05) is 24.0 Å². The van der Waals surface area contributed by atoms with Crippen molar-refractivity contribution in [2.24, 2.45) is 5.73 Å². The number of nitrogens with two attached hydrogens (primary N) is 1. The number of rotatable bonds is 6. The van der Waals surface area contributed by atoms with Gasteiger partial charge in [-0.05, 0) is 31.0 Å². The van der Waals surface area contributed by atoms with Gasteiger partial charge >= 0.3 is 0 Å². The third kappa shape index (κ3) is 5.50. The van der Waals surface area contributed by atoms with E-state index in [1.807, 2.05) is 38.2 Å². The van der Waals surface area contributed by atoms with Gasteiger partial charge in [0.05, 0.1) is 6.04 Å². The fraction of sp³-hybridized carbons (Fsp3) is 0.562. The second kappa shape index (κ2) is 9.29. The molecule has 0 spiro atoms. The van der Waals surface area contributed by atoms with Gasteiger partial charge in [0.15, 0.2) is 0 Å². The smallest absolute Gasteiger partial charge is 0.239 e. The highest BCUT2D eigenvalue weighted by atomic mass is 35.5. The van der Waals surface area contributed by atoms with Crippen LogP contribution in [0.4, 0.5) is 0 Å². The molecule has 0 bridgehead atoms. The predicted molar refractivity (Wildman–Crippen MR) is 92.2 cm³/mol. The molecule has 120 valence electrons. The first-order chi connectivity index (χ1) is 9.38. The Morgan fingerprint density at radius 1 is 1.29 bits per heavy atom. The van der Waals surface area contributed by atoms with Crippen LogP contribution in [0.1, 0.15) is 45.1 Å². The Balaban J connectivity index is 0.00000400. The van der Waals surface area contributed by atoms with Crippen LogP contribution in [0.2, 0.25) is 5.02 Å². The van der Waals surface area contributed by atoms with E-state index >= 15 is 0 Å². The quantitative estimate of drug-likeness (QED) is 0.860. The van der Waals surface area contributed by atoms with Gasteiger partial charge in [-0.3, -0.25) is 4.79 Å². The number of halogens is 2. The molecule has 1 aromatic rings. The number of carbonyl (C=O) groups excluding carboxylic acids is 1. The van der Waals surface area contributed by atoms with E-state index in [0.717, 1.165) is 17.9 Å². The molecule has 2 N–H and O–H groups in total. The summed E-state index contributed by atoms with van der Waals surface area (Å²) in [5.41, 5.74) is 7.09. The molecule has 1 rings (SSSR count). The molecular formula is C16H26Cl2N2O. The summed E-state index contributed by atoms with van der Waals surface area (Å²) >= 11 is 5.90. The molecule has 0 saturated heterocycles. The zero-order valence-corrected chi connectivity index (χ0v) is 14.7. The maximum atomic E-state index is 12.2. The van der Waals surface area contributed by atoms with E-state index in [0.29, 0.717) is 0 Å². The zero-order valence-electron chi connectivity index (χ0n) is 13.2. The van der Waals surface area contributed by atoms with Crippen LogP contribution in [0, 0.1) is 0 Å². The molecule has 1 amide bonds. The van der Waals surface area contributed by atoms with Crippen molar-refractivity contribution in [2.75, 3.05) is 7.05 Å². The monoisotopic (exact) mass is 332 g/mol. The maximum absolute atomic E-state index is 12.2. The first-order valence-electron chi connectivity index (χ1n) is 7.16. The molecule has 21 heavy (non-hydrogen) atoms. The number of benzene rings is 1. The normalized spacial score (nSPS) is 14.8. The van der Waals surface area contributed by atoms with Gasteiger partial charge in [-0.1, -0.05) is 44.0 Å². The van der Waals surface area contributed by atoms with Crippen LogP contribution >= 0.6 is 24.0 Å². The lowest BCUT2D eigenvalue weighted by Crippen LogP contribution is -2.47. The van der Waals surface area contributed by atoms with Crippen molar-refractivity contribution in [2.45, 2.75) is 51.6 Å². The van der Waals surface area contributed by atoms with Crippen LogP contribution in [0.25, 0.3) is 0 Å². The second-order valence-electron chi connectivity index (χ2n) is 5.43. The Kier molecular flexibility index (Phi) is 8.95. The average Bonchev–Trinajstić information content (AvgIpc) is 2.45. The van der Waals surface area contributed by atoms with Crippen molar-refractivity contribution >= 4 is 29.9 Å². The van der Waals surface area contributed by atoms with Crippen LogP contribution in [-0.4, -0.2) is 29.9 Å². The van der Waals surface area contributed by atoms with E-state index < -0.39 is 6.04 Å². The van der Waals surface area contributed by atoms with E-state index in [-0.39, 0.29) is 30.3 Å². The number of hydrogen-bond acceptors (Lipinski definition) is 2. The number of nitrogens with zero attached hydrogens (tertiary/aromatic N) is 1. The molecule has 0 heterocycles. The predicted octanol–water partition coefficient (Wildman–Crippen LogP) is 3.84. The molecule has 0 aliphatic rings. The highest BCUT2D eigenvalue weighted by molar-refractivity contribution is 6.30. The zero-order chi connectivity index (χ0) is 15.3. The van der Waals surface area contributed by atoms with Crippen molar-refractivity contribution in [1.29, 1.82) is 0 Å². The minimum absolute atomic E-state index is 0. The maximum Gasteiger partial charge on any atom is 0.239 e. The third-order valence-corrected chi connectivity index (χ3v) is 4.25. The Hall–Kier alpha value is -0.770. The first kappa shape index (κ1) is 20.2. The molecule has 3 atom stereocenters. The summed E-state index contributed by atoms with van der Waals surface area (Å²) in [6.45, 7) is 6.20. The Morgan fingerprint density at radius 2 is 1.81 bits per heavy atom. The summed E-state index contributed by atoms with van der Waals surface area (Å²) in [5, 5.41) is 0.725. The summed E-state index contributed by atoms with van der Waals surface area (Å²) in [5.74, 6) is 0.246. The van der Waals surface area contributed by atoms with Gasteiger partial charge in [0.25, 0.3) is 0 Å². The van der Waals surface area contributed by atoms with Crippen molar-refractivity contribution in [3.05, 3.63) is 34.9 Å². The topological polar surface area (TPSA) is 46.3 Å². The fourth-order valence-corrected chi connectivity index (χ4v) is 2.40. The third-order valence-electron chi connectivity index (χ3n) is 3.99. The molecule has 0 aliphatic heterocycles. The Morgan fingerprint density at radius 3 is 2.29 bits per heavy atom. The molecule has 0 radical (unpaired) electrons. The minimum atomic E-state index is -0.398. The SMILES string of the molecule is CCCC(N)C(=O)N(C)C(C)C(C)c1ccc(Cl)cc1.Cl. The highest BCUT2D eigenvalue weighted by Gasteiger charge is 2.25. The molecular weight excluding hydrogens is 307 g/mol. The van der Waals surface area contributed by atoms with Gasteiger partial charge in [-0.2, -0.15) is 0 Å². The fourth-order valence-electron chi connectivity index (χ4n) is 2.28. The summed E-state index contributed by atoms with van der Waals surface area (Å²) in [4.78, 5) is 14.0. The molecule has 0 aliphatic carbocycles. The lowest BCUT2D eigenvalue weighted by atomic mass is 9.93. The molecule has 3 unspecified atom stereocenters. The van der Waals surface area contributed by atoms with E-state index in [1.165, 1.54) is 5.56 Å². The second-order valence-corrected chi connectivity index (χ2v) is 5.86. The van der Waals surface area contributed by atoms with E-state index in [1.54, 1.807) is 4.90 Å². The molecule has 5 heteroatoms. The van der Waals surface area contributed by atoms with Gasteiger partial charge in [0.1, 0.15) is 0 Å². The van der Waals surface area contributed by atoms with Crippen LogP contribution < -0.4 is 5.73 Å². The molecule has 0 saturated carbocycles. The largest absolute Gasteiger partial charge is 0.341 e. The summed E-state index contributed by atoms with van der Waals surface area (Å²) in [6, 6.07) is 7.47. The van der Waals surface area contributed by atoms with Crippen molar-refractivity contribution < 1.29 is 4.79 Å². The van der Waals surface area contributed by atoms with Crippen molar-refractivity contribution in [3.63, 3.8) is 0 Å². The minimum Gasteiger partial charge on any atom is -0.341 e. The summed E-state index contributed by atoms with van der Waals surface area (Å²) in [6.07, 6.45) is 1.65. The Bertz CT molecular complexity index is 436. The Labute approximate surface area is 139 Å². The van der Waals surface area contributed by atoms with Gasteiger partial charge < -0.3 is 10.6 Å². The van der Waals surface area contributed by atoms with Crippen LogP contribution in [0.15, 0.2) is 24.3 Å². The lowest BCUT2D eigenvalue weighted by molar-refractivity contribution is -0.133. The van der Waals surface area contributed by atoms with Crippen LogP contribution in [0.3, 0.4) is 0 Å². The molecule has 0 fully saturated rings. The van der Waals surface area contributed by atoms with Gasteiger partial charge in [-0.15, -0.1) is 12.4 Å². The van der Waals surface area contributed by atoms with E-state index in [9.17, 15) is 4.79 Å². The van der Waals surface area contributed by atoms with Gasteiger partial charge in [0.2, 0.25) is 5.91 Å². The van der Waals surface area contributed by atoms with Crippen LogP contribution in [0.5, 0.6) is 0 Å². The first-order valence-corrected chi connectivity index (χ1v) is 7.54.